The Labute approximate surface area is 66.0 Å². The summed E-state index contributed by atoms with van der Waals surface area (Å²) < 4.78 is 4.57. The summed E-state index contributed by atoms with van der Waals surface area (Å²) in [6.45, 7) is 3.90. The van der Waals surface area contributed by atoms with E-state index in [0.29, 0.717) is 6.61 Å². The molecule has 0 bridgehead atoms. The van der Waals surface area contributed by atoms with Crippen molar-refractivity contribution in [2.24, 2.45) is 4.99 Å². The van der Waals surface area contributed by atoms with Gasteiger partial charge < -0.3 is 4.74 Å². The van der Waals surface area contributed by atoms with Crippen molar-refractivity contribution in [2.75, 3.05) is 6.61 Å². The molecule has 0 aliphatic rings. The number of alkyl carbamates (subject to hydrolysis) is 1. The third kappa shape index (κ3) is 6.57. The first kappa shape index (κ1) is 9.68. The smallest absolute Gasteiger partial charge is 0.411 e. The molecular weight excluding hydrogens is 144 g/mol. The van der Waals surface area contributed by atoms with Gasteiger partial charge in [0.25, 0.3) is 0 Å². The Bertz CT molecular complexity index is 164. The molecule has 0 aromatic heterocycles. The van der Waals surface area contributed by atoms with Crippen molar-refractivity contribution < 1.29 is 9.53 Å². The highest BCUT2D eigenvalue weighted by Crippen LogP contribution is 1.76. The monoisotopic (exact) mass is 156 g/mol. The van der Waals surface area contributed by atoms with Gasteiger partial charge in [0.15, 0.2) is 0 Å². The van der Waals surface area contributed by atoms with Crippen molar-refractivity contribution in [1.29, 1.82) is 0 Å². The van der Waals surface area contributed by atoms with Crippen molar-refractivity contribution in [3.05, 3.63) is 12.4 Å². The molecule has 1 N–H and O–H groups in total. The molecule has 0 aliphatic heterocycles. The Morgan fingerprint density at radius 1 is 1.73 bits per heavy atom. The molecule has 62 valence electrons. The van der Waals surface area contributed by atoms with Crippen LogP contribution in [0.2, 0.25) is 0 Å². The van der Waals surface area contributed by atoms with E-state index >= 15 is 0 Å². The predicted octanol–water partition coefficient (Wildman–Crippen LogP) is 1.29. The van der Waals surface area contributed by atoms with E-state index in [-0.39, 0.29) is 0 Å². The molecule has 0 saturated heterocycles. The molecule has 4 heteroatoms. The largest absolute Gasteiger partial charge is 0.450 e. The first-order valence-electron chi connectivity index (χ1n) is 3.37. The maximum absolute atomic E-state index is 10.6. The average Bonchev–Trinajstić information content (AvgIpc) is 1.99. The molecule has 1 amide bonds. The first-order chi connectivity index (χ1) is 5.31. The minimum atomic E-state index is -0.463. The summed E-state index contributed by atoms with van der Waals surface area (Å²) in [6.07, 6.45) is 4.04. The van der Waals surface area contributed by atoms with Crippen molar-refractivity contribution in [1.82, 2.24) is 5.32 Å². The van der Waals surface area contributed by atoms with E-state index in [0.717, 1.165) is 0 Å². The lowest BCUT2D eigenvalue weighted by Crippen LogP contribution is -2.17. The van der Waals surface area contributed by atoms with Crippen LogP contribution in [0.25, 0.3) is 0 Å². The third-order valence-corrected chi connectivity index (χ3v) is 0.786. The molecule has 11 heavy (non-hydrogen) atoms. The van der Waals surface area contributed by atoms with Gasteiger partial charge in [-0.15, -0.1) is 0 Å². The number of carbonyl (C=O) groups excluding carboxylic acids is 1. The summed E-state index contributed by atoms with van der Waals surface area (Å²) in [5.74, 6) is 0. The normalized spacial score (nSPS) is 10.7. The maximum Gasteiger partial charge on any atom is 0.411 e. The van der Waals surface area contributed by atoms with Gasteiger partial charge in [-0.3, -0.25) is 10.3 Å². The van der Waals surface area contributed by atoms with Crippen LogP contribution in [0, 0.1) is 0 Å². The zero-order chi connectivity index (χ0) is 8.53. The molecule has 0 unspecified atom stereocenters. The zero-order valence-corrected chi connectivity index (χ0v) is 6.70. The molecule has 0 heterocycles. The fraction of sp³-hybridized carbons (Fsp3) is 0.429. The summed E-state index contributed by atoms with van der Waals surface area (Å²) in [6, 6.07) is 0. The van der Waals surface area contributed by atoms with Gasteiger partial charge in [0.1, 0.15) is 0 Å². The van der Waals surface area contributed by atoms with Gasteiger partial charge in [-0.1, -0.05) is 0 Å². The highest BCUT2D eigenvalue weighted by Gasteiger charge is 1.92. The maximum atomic E-state index is 10.6. The standard InChI is InChI=1S/C7H12N2O2/c1-3-8-5-6-9-7(10)11-4-2/h3,5-6H,4H2,1-2H3,(H,9,10)/b6-5-,8-3?. The number of nitrogens with zero attached hydrogens (tertiary/aromatic N) is 1. The number of hydrogen-bond donors (Lipinski definition) is 1. The number of ether oxygens (including phenoxy) is 1. The summed E-state index contributed by atoms with van der Waals surface area (Å²) in [7, 11) is 0. The second kappa shape index (κ2) is 6.80. The Hall–Kier alpha value is -1.32. The Morgan fingerprint density at radius 3 is 3.00 bits per heavy atom. The average molecular weight is 156 g/mol. The van der Waals surface area contributed by atoms with Crippen LogP contribution in [0.15, 0.2) is 17.4 Å². The molecule has 4 nitrogen and oxygen atoms in total. The van der Waals surface area contributed by atoms with E-state index in [1.807, 2.05) is 0 Å². The molecule has 0 radical (unpaired) electrons. The van der Waals surface area contributed by atoms with Gasteiger partial charge in [-0.05, 0) is 13.8 Å². The zero-order valence-electron chi connectivity index (χ0n) is 6.70. The fourth-order valence-corrected chi connectivity index (χ4v) is 0.407. The predicted molar refractivity (Wildman–Crippen MR) is 43.5 cm³/mol. The van der Waals surface area contributed by atoms with Crippen LogP contribution in [0.5, 0.6) is 0 Å². The minimum absolute atomic E-state index is 0.372. The second-order valence-corrected chi connectivity index (χ2v) is 1.59. The molecule has 0 aliphatic carbocycles. The van der Waals surface area contributed by atoms with Crippen molar-refractivity contribution in [3.8, 4) is 0 Å². The summed E-state index contributed by atoms with van der Waals surface area (Å²) in [5.41, 5.74) is 0. The van der Waals surface area contributed by atoms with E-state index in [4.69, 9.17) is 0 Å². The molecule has 0 saturated carbocycles. The number of hydrogen-bond acceptors (Lipinski definition) is 3. The van der Waals surface area contributed by atoms with Gasteiger partial charge in [0.05, 0.1) is 6.61 Å². The molecule has 0 fully saturated rings. The number of nitrogens with one attached hydrogen (secondary N) is 1. The van der Waals surface area contributed by atoms with Crippen LogP contribution in [0.1, 0.15) is 13.8 Å². The van der Waals surface area contributed by atoms with Crippen LogP contribution in [-0.2, 0) is 4.74 Å². The van der Waals surface area contributed by atoms with E-state index in [1.54, 1.807) is 20.1 Å². The lowest BCUT2D eigenvalue weighted by molar-refractivity contribution is 0.156. The third-order valence-electron chi connectivity index (χ3n) is 0.786. The Balaban J connectivity index is 3.44. The highest BCUT2D eigenvalue weighted by molar-refractivity contribution is 5.68. The van der Waals surface area contributed by atoms with Crippen LogP contribution in [0.3, 0.4) is 0 Å². The SMILES string of the molecule is CC=N/C=C\NC(=O)OCC. The number of rotatable bonds is 3. The molecular formula is C7H12N2O2. The lowest BCUT2D eigenvalue weighted by Gasteiger charge is -1.97. The Morgan fingerprint density at radius 2 is 2.45 bits per heavy atom. The molecule has 0 spiro atoms. The van der Waals surface area contributed by atoms with Crippen LogP contribution in [-0.4, -0.2) is 18.9 Å². The van der Waals surface area contributed by atoms with Crippen molar-refractivity contribution in [3.63, 3.8) is 0 Å². The van der Waals surface area contributed by atoms with E-state index in [9.17, 15) is 4.79 Å². The van der Waals surface area contributed by atoms with Gasteiger partial charge >= 0.3 is 6.09 Å². The highest BCUT2D eigenvalue weighted by atomic mass is 16.5. The summed E-state index contributed by atoms with van der Waals surface area (Å²) >= 11 is 0. The van der Waals surface area contributed by atoms with Gasteiger partial charge in [0, 0.05) is 18.6 Å². The topological polar surface area (TPSA) is 50.7 Å². The van der Waals surface area contributed by atoms with E-state index in [2.05, 4.69) is 15.0 Å². The van der Waals surface area contributed by atoms with Gasteiger partial charge in [0.2, 0.25) is 0 Å². The van der Waals surface area contributed by atoms with E-state index in [1.165, 1.54) is 12.4 Å². The molecule has 0 atom stereocenters. The minimum Gasteiger partial charge on any atom is -0.450 e. The fourth-order valence-electron chi connectivity index (χ4n) is 0.407. The number of amides is 1. The van der Waals surface area contributed by atoms with Crippen LogP contribution < -0.4 is 5.32 Å². The summed E-state index contributed by atoms with van der Waals surface area (Å²) in [4.78, 5) is 14.3. The van der Waals surface area contributed by atoms with Crippen LogP contribution in [0.4, 0.5) is 4.79 Å². The number of carbonyl (C=O) groups is 1. The molecule has 0 aromatic carbocycles. The van der Waals surface area contributed by atoms with Crippen LogP contribution >= 0.6 is 0 Å². The quantitative estimate of drug-likeness (QED) is 0.626. The van der Waals surface area contributed by atoms with E-state index < -0.39 is 6.09 Å². The van der Waals surface area contributed by atoms with Gasteiger partial charge in [-0.2, -0.15) is 0 Å². The van der Waals surface area contributed by atoms with Crippen molar-refractivity contribution in [2.45, 2.75) is 13.8 Å². The first-order valence-corrected chi connectivity index (χ1v) is 3.37. The lowest BCUT2D eigenvalue weighted by atomic mass is 10.8. The number of aliphatic imine (C=N–C) groups is 1. The van der Waals surface area contributed by atoms with Crippen molar-refractivity contribution >= 4 is 12.3 Å². The Kier molecular flexibility index (Phi) is 5.98. The molecule has 0 aromatic rings. The summed E-state index contributed by atoms with van der Waals surface area (Å²) in [5, 5.41) is 2.36. The second-order valence-electron chi connectivity index (χ2n) is 1.59. The van der Waals surface area contributed by atoms with Gasteiger partial charge in [-0.25, -0.2) is 4.79 Å². The molecule has 0 rings (SSSR count).